The third-order valence-electron chi connectivity index (χ3n) is 6.11. The topological polar surface area (TPSA) is 97.6 Å². The molecule has 0 spiro atoms. The number of aryl methyl sites for hydroxylation is 1. The highest BCUT2D eigenvalue weighted by atomic mass is 16.5. The maximum atomic E-state index is 13.1. The Hall–Kier alpha value is -3.94. The molecule has 2 atom stereocenters. The minimum absolute atomic E-state index is 0.0651. The maximum Gasteiger partial charge on any atom is 0.295 e. The first-order chi connectivity index (χ1) is 16.0. The second-order valence-electron chi connectivity index (χ2n) is 8.38. The van der Waals surface area contributed by atoms with E-state index in [1.54, 1.807) is 54.1 Å². The van der Waals surface area contributed by atoms with Crippen molar-refractivity contribution in [2.45, 2.75) is 38.5 Å². The van der Waals surface area contributed by atoms with E-state index in [0.717, 1.165) is 23.3 Å². The molecule has 33 heavy (non-hydrogen) atoms. The van der Waals surface area contributed by atoms with Gasteiger partial charge in [0.2, 0.25) is 0 Å². The number of aromatic nitrogens is 3. The van der Waals surface area contributed by atoms with E-state index in [2.05, 4.69) is 9.97 Å². The average Bonchev–Trinajstić information content (AvgIpc) is 3.53. The number of ether oxygens (including phenoxy) is 1. The van der Waals surface area contributed by atoms with Crippen molar-refractivity contribution in [3.63, 3.8) is 0 Å². The van der Waals surface area contributed by atoms with Crippen LogP contribution in [0.5, 0.6) is 5.75 Å². The molecule has 1 saturated heterocycles. The molecule has 1 N–H and O–H groups in total. The first-order valence-electron chi connectivity index (χ1n) is 11.0. The number of carbonyl (C=O) groups excluding carboxylic acids is 2. The minimum atomic E-state index is -0.681. The third-order valence-corrected chi connectivity index (χ3v) is 6.11. The predicted octanol–water partition coefficient (Wildman–Crippen LogP) is 3.11. The number of ketones is 1. The van der Waals surface area contributed by atoms with Gasteiger partial charge in [-0.15, -0.1) is 0 Å². The van der Waals surface area contributed by atoms with Crippen LogP contribution in [0.1, 0.15) is 36.1 Å². The lowest BCUT2D eigenvalue weighted by Crippen LogP contribution is -2.31. The van der Waals surface area contributed by atoms with Crippen LogP contribution in [-0.4, -0.2) is 48.9 Å². The lowest BCUT2D eigenvalue weighted by molar-refractivity contribution is -0.139. The van der Waals surface area contributed by atoms with Gasteiger partial charge in [-0.1, -0.05) is 0 Å². The molecule has 2 unspecified atom stereocenters. The summed E-state index contributed by atoms with van der Waals surface area (Å²) in [5.41, 5.74) is 2.30. The van der Waals surface area contributed by atoms with E-state index in [0.29, 0.717) is 25.1 Å². The number of carbonyl (C=O) groups is 2. The number of Topliss-reactive ketones (excluding diaryl/α,β-unsaturated/α-hetero) is 1. The lowest BCUT2D eigenvalue weighted by Gasteiger charge is -2.25. The maximum absolute atomic E-state index is 13.1. The van der Waals surface area contributed by atoms with E-state index in [4.69, 9.17) is 4.74 Å². The molecule has 0 bridgehead atoms. The zero-order valence-corrected chi connectivity index (χ0v) is 18.2. The molecule has 8 heteroatoms. The van der Waals surface area contributed by atoms with Gasteiger partial charge in [-0.2, -0.15) is 0 Å². The summed E-state index contributed by atoms with van der Waals surface area (Å²) in [4.78, 5) is 35.8. The number of aliphatic hydroxyl groups excluding tert-OH is 1. The van der Waals surface area contributed by atoms with Crippen LogP contribution in [0.15, 0.2) is 67.0 Å². The lowest BCUT2D eigenvalue weighted by atomic mass is 9.95. The number of likely N-dealkylation sites (tertiary alicyclic amines) is 1. The number of hydrogen-bond acceptors (Lipinski definition) is 6. The van der Waals surface area contributed by atoms with E-state index in [1.807, 2.05) is 23.8 Å². The van der Waals surface area contributed by atoms with Gasteiger partial charge in [0.15, 0.2) is 0 Å². The van der Waals surface area contributed by atoms with Gasteiger partial charge in [0, 0.05) is 49.9 Å². The standard InChI is InChI=1S/C25H24N4O4/c1-16-13-19-14-18(3-4-20(19)33-16)23(30)21-22(17-5-7-26-8-6-17)29(25(32)24(21)31)11-2-10-28-12-9-27-15-28/h3-9,12,14-16,22,30H,2,10-11,13H2,1H3. The molecular formula is C25H24N4O4. The molecule has 2 aromatic heterocycles. The van der Waals surface area contributed by atoms with E-state index < -0.39 is 17.7 Å². The fourth-order valence-electron chi connectivity index (χ4n) is 4.57. The number of benzene rings is 1. The van der Waals surface area contributed by atoms with Crippen LogP contribution in [0.4, 0.5) is 0 Å². The molecule has 2 aliphatic rings. The van der Waals surface area contributed by atoms with Gasteiger partial charge in [0.25, 0.3) is 11.7 Å². The van der Waals surface area contributed by atoms with Gasteiger partial charge < -0.3 is 19.3 Å². The Balaban J connectivity index is 1.51. The van der Waals surface area contributed by atoms with Gasteiger partial charge in [0.05, 0.1) is 17.9 Å². The molecule has 2 aliphatic heterocycles. The first kappa shape index (κ1) is 20.9. The molecular weight excluding hydrogens is 420 g/mol. The highest BCUT2D eigenvalue weighted by Gasteiger charge is 2.45. The van der Waals surface area contributed by atoms with Gasteiger partial charge in [-0.3, -0.25) is 14.6 Å². The number of nitrogens with zero attached hydrogens (tertiary/aromatic N) is 4. The predicted molar refractivity (Wildman–Crippen MR) is 120 cm³/mol. The summed E-state index contributed by atoms with van der Waals surface area (Å²) >= 11 is 0. The van der Waals surface area contributed by atoms with Crippen LogP contribution < -0.4 is 4.74 Å². The van der Waals surface area contributed by atoms with Crippen LogP contribution >= 0.6 is 0 Å². The van der Waals surface area contributed by atoms with Crippen LogP contribution in [0.3, 0.4) is 0 Å². The molecule has 168 valence electrons. The summed E-state index contributed by atoms with van der Waals surface area (Å²) in [6, 6.07) is 8.22. The molecule has 1 amide bonds. The number of pyridine rings is 1. The van der Waals surface area contributed by atoms with Crippen molar-refractivity contribution < 1.29 is 19.4 Å². The Kier molecular flexibility index (Phi) is 5.42. The van der Waals surface area contributed by atoms with Crippen molar-refractivity contribution in [3.05, 3.63) is 83.7 Å². The number of aliphatic hydroxyl groups is 1. The third kappa shape index (κ3) is 3.88. The molecule has 0 aliphatic carbocycles. The van der Waals surface area contributed by atoms with Gasteiger partial charge in [-0.25, -0.2) is 4.98 Å². The molecule has 1 fully saturated rings. The van der Waals surface area contributed by atoms with Crippen molar-refractivity contribution in [3.8, 4) is 5.75 Å². The number of fused-ring (bicyclic) bond motifs is 1. The molecule has 3 aromatic rings. The summed E-state index contributed by atoms with van der Waals surface area (Å²) in [7, 11) is 0. The quantitative estimate of drug-likeness (QED) is 0.356. The van der Waals surface area contributed by atoms with Crippen LogP contribution in [-0.2, 0) is 22.6 Å². The van der Waals surface area contributed by atoms with Crippen molar-refractivity contribution in [2.24, 2.45) is 0 Å². The number of amides is 1. The van der Waals surface area contributed by atoms with Crippen molar-refractivity contribution in [1.82, 2.24) is 19.4 Å². The van der Waals surface area contributed by atoms with Gasteiger partial charge in [-0.05, 0) is 54.8 Å². The van der Waals surface area contributed by atoms with E-state index in [1.165, 1.54) is 0 Å². The second kappa shape index (κ2) is 8.54. The van der Waals surface area contributed by atoms with Crippen LogP contribution in [0.2, 0.25) is 0 Å². The monoisotopic (exact) mass is 444 g/mol. The largest absolute Gasteiger partial charge is 0.507 e. The fourth-order valence-corrected chi connectivity index (χ4v) is 4.57. The smallest absolute Gasteiger partial charge is 0.295 e. The number of imidazole rings is 1. The number of rotatable bonds is 6. The normalized spacial score (nSPS) is 21.3. The number of hydrogen-bond donors (Lipinski definition) is 1. The summed E-state index contributed by atoms with van der Waals surface area (Å²) in [6.45, 7) is 3.01. The highest BCUT2D eigenvalue weighted by Crippen LogP contribution is 2.40. The van der Waals surface area contributed by atoms with Crippen molar-refractivity contribution in [1.29, 1.82) is 0 Å². The Morgan fingerprint density at radius 1 is 1.12 bits per heavy atom. The average molecular weight is 444 g/mol. The molecule has 0 radical (unpaired) electrons. The van der Waals surface area contributed by atoms with Crippen LogP contribution in [0.25, 0.3) is 5.76 Å². The zero-order valence-electron chi connectivity index (χ0n) is 18.2. The summed E-state index contributed by atoms with van der Waals surface area (Å²) < 4.78 is 7.67. The highest BCUT2D eigenvalue weighted by molar-refractivity contribution is 6.46. The molecule has 4 heterocycles. The van der Waals surface area contributed by atoms with Gasteiger partial charge >= 0.3 is 0 Å². The minimum Gasteiger partial charge on any atom is -0.507 e. The molecule has 8 nitrogen and oxygen atoms in total. The van der Waals surface area contributed by atoms with Crippen LogP contribution in [0, 0.1) is 0 Å². The summed E-state index contributed by atoms with van der Waals surface area (Å²) in [6.07, 6.45) is 9.94. The first-order valence-corrected chi connectivity index (χ1v) is 11.0. The van der Waals surface area contributed by atoms with E-state index in [9.17, 15) is 14.7 Å². The summed E-state index contributed by atoms with van der Waals surface area (Å²) in [5.74, 6) is -0.677. The van der Waals surface area contributed by atoms with Crippen molar-refractivity contribution >= 4 is 17.4 Å². The molecule has 5 rings (SSSR count). The summed E-state index contributed by atoms with van der Waals surface area (Å²) in [5, 5.41) is 11.2. The Morgan fingerprint density at radius 2 is 1.94 bits per heavy atom. The SMILES string of the molecule is CC1Cc2cc(C(O)=C3C(=O)C(=O)N(CCCn4ccnc4)C3c3ccncc3)ccc2O1. The van der Waals surface area contributed by atoms with Gasteiger partial charge in [0.1, 0.15) is 17.6 Å². The molecule has 1 aromatic carbocycles. The van der Waals surface area contributed by atoms with Crippen molar-refractivity contribution in [2.75, 3.05) is 6.54 Å². The zero-order chi connectivity index (χ0) is 22.9. The Bertz CT molecular complexity index is 1220. The second-order valence-corrected chi connectivity index (χ2v) is 8.38. The van der Waals surface area contributed by atoms with E-state index >= 15 is 0 Å². The Labute approximate surface area is 191 Å². The molecule has 0 saturated carbocycles. The van der Waals surface area contributed by atoms with E-state index in [-0.39, 0.29) is 17.4 Å². The fraction of sp³-hybridized carbons (Fsp3) is 0.280. The Morgan fingerprint density at radius 3 is 2.70 bits per heavy atom.